The molecule has 1 aliphatic carbocycles. The molecule has 0 aromatic heterocycles. The third-order valence-electron chi connectivity index (χ3n) is 2.36. The SMILES string of the molecule is CCCNC1=CCC2NCSC2=C1. The summed E-state index contributed by atoms with van der Waals surface area (Å²) in [6.45, 7) is 3.27. The van der Waals surface area contributed by atoms with Crippen LogP contribution >= 0.6 is 11.8 Å². The van der Waals surface area contributed by atoms with Crippen molar-refractivity contribution >= 4 is 11.8 Å². The average Bonchev–Trinajstić information content (AvgIpc) is 2.61. The van der Waals surface area contributed by atoms with E-state index in [9.17, 15) is 0 Å². The Bertz CT molecular complexity index is 245. The second-order valence-electron chi connectivity index (χ2n) is 3.41. The minimum absolute atomic E-state index is 0.608. The summed E-state index contributed by atoms with van der Waals surface area (Å²) in [7, 11) is 0. The molecule has 0 spiro atoms. The quantitative estimate of drug-likeness (QED) is 0.720. The lowest BCUT2D eigenvalue weighted by Gasteiger charge is -2.17. The van der Waals surface area contributed by atoms with Gasteiger partial charge >= 0.3 is 0 Å². The summed E-state index contributed by atoms with van der Waals surface area (Å²) in [5.41, 5.74) is 1.31. The van der Waals surface area contributed by atoms with Gasteiger partial charge in [-0.15, -0.1) is 11.8 Å². The predicted octanol–water partition coefficient (Wildman–Crippen LogP) is 1.82. The normalized spacial score (nSPS) is 26.4. The third kappa shape index (κ3) is 2.09. The number of nitrogens with one attached hydrogen (secondary N) is 2. The van der Waals surface area contributed by atoms with Gasteiger partial charge in [0.2, 0.25) is 0 Å². The molecule has 0 amide bonds. The standard InChI is InChI=1S/C10H16N2S/c1-2-5-11-8-3-4-9-10(6-8)13-7-12-9/h3,6,9,11-12H,2,4-5,7H2,1H3. The number of thioether (sulfide) groups is 1. The molecule has 3 heteroatoms. The van der Waals surface area contributed by atoms with E-state index in [0.29, 0.717) is 6.04 Å². The van der Waals surface area contributed by atoms with Gasteiger partial charge in [0, 0.05) is 29.1 Å². The van der Waals surface area contributed by atoms with Crippen LogP contribution in [0.15, 0.2) is 22.8 Å². The van der Waals surface area contributed by atoms with Gasteiger partial charge in [0.25, 0.3) is 0 Å². The Morgan fingerprint density at radius 2 is 2.62 bits per heavy atom. The second-order valence-corrected chi connectivity index (χ2v) is 4.46. The summed E-state index contributed by atoms with van der Waals surface area (Å²) >= 11 is 1.93. The van der Waals surface area contributed by atoms with Gasteiger partial charge in [-0.2, -0.15) is 0 Å². The lowest BCUT2D eigenvalue weighted by atomic mass is 10.1. The van der Waals surface area contributed by atoms with E-state index in [1.54, 1.807) is 0 Å². The Kier molecular flexibility index (Phi) is 2.96. The van der Waals surface area contributed by atoms with Gasteiger partial charge in [0.1, 0.15) is 0 Å². The van der Waals surface area contributed by atoms with Crippen LogP contribution in [0.2, 0.25) is 0 Å². The molecule has 72 valence electrons. The molecular formula is C10H16N2S. The zero-order chi connectivity index (χ0) is 9.10. The van der Waals surface area contributed by atoms with E-state index in [1.165, 1.54) is 17.0 Å². The van der Waals surface area contributed by atoms with E-state index in [4.69, 9.17) is 0 Å². The monoisotopic (exact) mass is 196 g/mol. The van der Waals surface area contributed by atoms with E-state index in [2.05, 4.69) is 29.7 Å². The molecule has 1 saturated heterocycles. The minimum Gasteiger partial charge on any atom is -0.385 e. The highest BCUT2D eigenvalue weighted by Gasteiger charge is 2.22. The van der Waals surface area contributed by atoms with Crippen LogP contribution in [-0.2, 0) is 0 Å². The smallest absolute Gasteiger partial charge is 0.0468 e. The second kappa shape index (κ2) is 4.20. The van der Waals surface area contributed by atoms with Gasteiger partial charge in [-0.25, -0.2) is 0 Å². The summed E-state index contributed by atoms with van der Waals surface area (Å²) in [6, 6.07) is 0.608. The van der Waals surface area contributed by atoms with Crippen molar-refractivity contribution in [1.29, 1.82) is 0 Å². The van der Waals surface area contributed by atoms with Crippen molar-refractivity contribution in [2.75, 3.05) is 12.4 Å². The highest BCUT2D eigenvalue weighted by Crippen LogP contribution is 2.31. The van der Waals surface area contributed by atoms with Gasteiger partial charge in [-0.05, 0) is 18.9 Å². The maximum Gasteiger partial charge on any atom is 0.0468 e. The van der Waals surface area contributed by atoms with Crippen LogP contribution in [0.3, 0.4) is 0 Å². The van der Waals surface area contributed by atoms with E-state index in [1.807, 2.05) is 11.8 Å². The van der Waals surface area contributed by atoms with Crippen molar-refractivity contribution in [1.82, 2.24) is 10.6 Å². The number of hydrogen-bond donors (Lipinski definition) is 2. The largest absolute Gasteiger partial charge is 0.385 e. The Morgan fingerprint density at radius 1 is 1.69 bits per heavy atom. The maximum atomic E-state index is 3.46. The fourth-order valence-electron chi connectivity index (χ4n) is 1.62. The van der Waals surface area contributed by atoms with Crippen LogP contribution in [-0.4, -0.2) is 18.5 Å². The van der Waals surface area contributed by atoms with E-state index < -0.39 is 0 Å². The molecule has 2 N–H and O–H groups in total. The van der Waals surface area contributed by atoms with Crippen LogP contribution in [0.25, 0.3) is 0 Å². The first kappa shape index (κ1) is 9.16. The zero-order valence-electron chi connectivity index (χ0n) is 7.97. The van der Waals surface area contributed by atoms with Crippen molar-refractivity contribution in [2.45, 2.75) is 25.8 Å². The van der Waals surface area contributed by atoms with Crippen LogP contribution in [0.1, 0.15) is 19.8 Å². The molecule has 2 aliphatic rings. The lowest BCUT2D eigenvalue weighted by Crippen LogP contribution is -2.25. The molecule has 2 nitrogen and oxygen atoms in total. The fraction of sp³-hybridized carbons (Fsp3) is 0.600. The first-order chi connectivity index (χ1) is 6.40. The van der Waals surface area contributed by atoms with E-state index >= 15 is 0 Å². The van der Waals surface area contributed by atoms with Crippen molar-refractivity contribution in [3.8, 4) is 0 Å². The average molecular weight is 196 g/mol. The van der Waals surface area contributed by atoms with Crippen molar-refractivity contribution in [3.05, 3.63) is 22.8 Å². The van der Waals surface area contributed by atoms with Gasteiger partial charge in [0.15, 0.2) is 0 Å². The Morgan fingerprint density at radius 3 is 3.46 bits per heavy atom. The minimum atomic E-state index is 0.608. The van der Waals surface area contributed by atoms with Crippen LogP contribution in [0.5, 0.6) is 0 Å². The van der Waals surface area contributed by atoms with Crippen LogP contribution in [0.4, 0.5) is 0 Å². The topological polar surface area (TPSA) is 24.1 Å². The number of allylic oxidation sites excluding steroid dienone is 1. The molecule has 1 atom stereocenters. The van der Waals surface area contributed by atoms with E-state index in [0.717, 1.165) is 18.8 Å². The molecule has 1 unspecified atom stereocenters. The Balaban J connectivity index is 1.96. The molecule has 2 rings (SSSR count). The summed E-state index contributed by atoms with van der Waals surface area (Å²) in [6.07, 6.45) is 6.91. The summed E-state index contributed by atoms with van der Waals surface area (Å²) < 4.78 is 0. The van der Waals surface area contributed by atoms with Crippen LogP contribution < -0.4 is 10.6 Å². The summed E-state index contributed by atoms with van der Waals surface area (Å²) in [5.74, 6) is 1.07. The van der Waals surface area contributed by atoms with Crippen molar-refractivity contribution in [2.24, 2.45) is 0 Å². The molecule has 0 saturated carbocycles. The van der Waals surface area contributed by atoms with Crippen molar-refractivity contribution < 1.29 is 0 Å². The number of fused-ring (bicyclic) bond motifs is 1. The molecule has 0 aromatic carbocycles. The Labute approximate surface area is 83.9 Å². The fourth-order valence-corrected chi connectivity index (χ4v) is 2.66. The number of rotatable bonds is 3. The highest BCUT2D eigenvalue weighted by atomic mass is 32.2. The third-order valence-corrected chi connectivity index (χ3v) is 3.41. The highest BCUT2D eigenvalue weighted by molar-refractivity contribution is 8.03. The summed E-state index contributed by atoms with van der Waals surface area (Å²) in [4.78, 5) is 1.50. The van der Waals surface area contributed by atoms with E-state index in [-0.39, 0.29) is 0 Å². The molecule has 13 heavy (non-hydrogen) atoms. The van der Waals surface area contributed by atoms with Gasteiger partial charge in [-0.3, -0.25) is 5.32 Å². The first-order valence-corrected chi connectivity index (χ1v) is 5.90. The molecule has 1 fully saturated rings. The molecule has 0 bridgehead atoms. The Hall–Kier alpha value is -0.410. The molecule has 1 heterocycles. The molecule has 0 radical (unpaired) electrons. The molecule has 0 aromatic rings. The summed E-state index contributed by atoms with van der Waals surface area (Å²) in [5, 5.41) is 6.88. The van der Waals surface area contributed by atoms with Gasteiger partial charge in [-0.1, -0.05) is 13.0 Å². The maximum absolute atomic E-state index is 3.46. The van der Waals surface area contributed by atoms with Crippen LogP contribution in [0, 0.1) is 0 Å². The van der Waals surface area contributed by atoms with Crippen molar-refractivity contribution in [3.63, 3.8) is 0 Å². The van der Waals surface area contributed by atoms with Gasteiger partial charge in [0.05, 0.1) is 0 Å². The number of hydrogen-bond acceptors (Lipinski definition) is 3. The van der Waals surface area contributed by atoms with Gasteiger partial charge < -0.3 is 5.32 Å². The zero-order valence-corrected chi connectivity index (χ0v) is 8.79. The first-order valence-electron chi connectivity index (χ1n) is 4.92. The molecular weight excluding hydrogens is 180 g/mol. The predicted molar refractivity (Wildman–Crippen MR) is 58.5 cm³/mol. The molecule has 1 aliphatic heterocycles. The lowest BCUT2D eigenvalue weighted by molar-refractivity contribution is 0.658.